The molecule has 1 N–H and O–H groups in total. The molecule has 0 bridgehead atoms. The highest BCUT2D eigenvalue weighted by Gasteiger charge is 2.33. The number of carbonyl (C=O) groups excluding carboxylic acids is 1. The highest BCUT2D eigenvalue weighted by molar-refractivity contribution is 8.26. The van der Waals surface area contributed by atoms with E-state index in [9.17, 15) is 19.7 Å². The topological polar surface area (TPSA) is 114 Å². The molecule has 10 heteroatoms. The molecule has 0 atom stereocenters. The van der Waals surface area contributed by atoms with Gasteiger partial charge in [-0.25, -0.2) is 0 Å². The summed E-state index contributed by atoms with van der Waals surface area (Å²) in [6.07, 6.45) is 1.46. The summed E-state index contributed by atoms with van der Waals surface area (Å²) < 4.78 is 5.78. The number of aliphatic carboxylic acids is 1. The average molecular weight is 390 g/mol. The van der Waals surface area contributed by atoms with Crippen LogP contribution in [-0.4, -0.2) is 37.7 Å². The first-order chi connectivity index (χ1) is 12.3. The number of rotatable bonds is 5. The monoisotopic (exact) mass is 390 g/mol. The molecule has 1 aliphatic rings. The first kappa shape index (κ1) is 17.8. The van der Waals surface area contributed by atoms with Crippen LogP contribution in [-0.2, 0) is 9.59 Å². The molecule has 0 unspecified atom stereocenters. The van der Waals surface area contributed by atoms with E-state index >= 15 is 0 Å². The van der Waals surface area contributed by atoms with E-state index in [4.69, 9.17) is 21.7 Å². The van der Waals surface area contributed by atoms with Gasteiger partial charge in [0.05, 0.1) is 9.83 Å². The van der Waals surface area contributed by atoms with Gasteiger partial charge in [-0.15, -0.1) is 0 Å². The number of carboxylic acid groups (broad SMARTS) is 1. The molecular formula is C16H10N2O6S2. The maximum atomic E-state index is 12.2. The van der Waals surface area contributed by atoms with Crippen molar-refractivity contribution in [1.29, 1.82) is 0 Å². The summed E-state index contributed by atoms with van der Waals surface area (Å²) in [6, 6.07) is 9.21. The lowest BCUT2D eigenvalue weighted by Crippen LogP contribution is -2.33. The van der Waals surface area contributed by atoms with E-state index in [1.165, 1.54) is 18.2 Å². The lowest BCUT2D eigenvalue weighted by Gasteiger charge is -2.09. The van der Waals surface area contributed by atoms with E-state index in [2.05, 4.69) is 0 Å². The van der Waals surface area contributed by atoms with Gasteiger partial charge in [-0.1, -0.05) is 36.1 Å². The first-order valence-corrected chi connectivity index (χ1v) is 8.39. The number of thiocarbonyl (C=S) groups is 1. The van der Waals surface area contributed by atoms with Gasteiger partial charge < -0.3 is 9.52 Å². The molecule has 26 heavy (non-hydrogen) atoms. The summed E-state index contributed by atoms with van der Waals surface area (Å²) >= 11 is 6.01. The average Bonchev–Trinajstić information content (AvgIpc) is 3.15. The molecule has 8 nitrogen and oxygen atoms in total. The van der Waals surface area contributed by atoms with Crippen molar-refractivity contribution >= 4 is 51.9 Å². The van der Waals surface area contributed by atoms with Crippen molar-refractivity contribution in [2.24, 2.45) is 0 Å². The van der Waals surface area contributed by atoms with Crippen LogP contribution in [0.15, 0.2) is 45.7 Å². The molecule has 1 aromatic carbocycles. The molecule has 132 valence electrons. The lowest BCUT2D eigenvalue weighted by atomic mass is 10.1. The van der Waals surface area contributed by atoms with Crippen molar-refractivity contribution < 1.29 is 24.0 Å². The second-order valence-electron chi connectivity index (χ2n) is 5.17. The molecule has 0 saturated carbocycles. The Morgan fingerprint density at radius 1 is 1.38 bits per heavy atom. The number of non-ortho nitro benzene ring substituents is 1. The molecule has 1 saturated heterocycles. The standard InChI is InChI=1S/C16H10N2O6S2/c19-14(20)8-17-15(21)13(26-16(17)25)7-11-4-5-12(24-11)9-2-1-3-10(6-9)18(22)23/h1-7H,8H2,(H,19,20)/b13-7-. The van der Waals surface area contributed by atoms with Gasteiger partial charge in [0.2, 0.25) is 0 Å². The molecule has 1 amide bonds. The highest BCUT2D eigenvalue weighted by atomic mass is 32.2. The molecule has 0 aliphatic carbocycles. The Balaban J connectivity index is 1.85. The zero-order valence-corrected chi connectivity index (χ0v) is 14.6. The normalized spacial score (nSPS) is 15.7. The molecule has 2 heterocycles. The summed E-state index contributed by atoms with van der Waals surface area (Å²) in [5, 5.41) is 19.7. The van der Waals surface area contributed by atoms with Gasteiger partial charge in [-0.3, -0.25) is 24.6 Å². The molecule has 3 rings (SSSR count). The van der Waals surface area contributed by atoms with Crippen LogP contribution < -0.4 is 0 Å². The van der Waals surface area contributed by atoms with Crippen LogP contribution in [0, 0.1) is 10.1 Å². The number of amides is 1. The number of nitrogens with zero attached hydrogens (tertiary/aromatic N) is 2. The second-order valence-corrected chi connectivity index (χ2v) is 6.85. The van der Waals surface area contributed by atoms with Crippen LogP contribution >= 0.6 is 24.0 Å². The third-order valence-electron chi connectivity index (χ3n) is 3.41. The van der Waals surface area contributed by atoms with Gasteiger partial charge >= 0.3 is 5.97 Å². The summed E-state index contributed by atoms with van der Waals surface area (Å²) in [6.45, 7) is -0.501. The van der Waals surface area contributed by atoms with Gasteiger partial charge in [-0.05, 0) is 12.1 Å². The highest BCUT2D eigenvalue weighted by Crippen LogP contribution is 2.33. The Morgan fingerprint density at radius 2 is 2.15 bits per heavy atom. The van der Waals surface area contributed by atoms with Crippen LogP contribution in [0.3, 0.4) is 0 Å². The zero-order valence-electron chi connectivity index (χ0n) is 12.9. The number of thioether (sulfide) groups is 1. The number of carbonyl (C=O) groups is 2. The quantitative estimate of drug-likeness (QED) is 0.358. The number of furan rings is 1. The first-order valence-electron chi connectivity index (χ1n) is 7.17. The fourth-order valence-electron chi connectivity index (χ4n) is 2.26. The van der Waals surface area contributed by atoms with Crippen LogP contribution in [0.1, 0.15) is 5.76 Å². The van der Waals surface area contributed by atoms with Gasteiger partial charge in [0.25, 0.3) is 11.6 Å². The SMILES string of the molecule is O=C(O)CN1C(=O)/C(=C/c2ccc(-c3cccc([N+](=O)[O-])c3)o2)SC1=S. The van der Waals surface area contributed by atoms with Crippen molar-refractivity contribution in [3.63, 3.8) is 0 Å². The summed E-state index contributed by atoms with van der Waals surface area (Å²) in [5.41, 5.74) is 0.465. The Morgan fingerprint density at radius 3 is 2.85 bits per heavy atom. The Labute approximate surface area is 156 Å². The van der Waals surface area contributed by atoms with Gasteiger partial charge in [-0.2, -0.15) is 0 Å². The van der Waals surface area contributed by atoms with E-state index in [1.54, 1.807) is 24.3 Å². The Kier molecular flexibility index (Phi) is 4.87. The lowest BCUT2D eigenvalue weighted by molar-refractivity contribution is -0.384. The van der Waals surface area contributed by atoms with Crippen molar-refractivity contribution in [3.8, 4) is 11.3 Å². The fraction of sp³-hybridized carbons (Fsp3) is 0.0625. The van der Waals surface area contributed by atoms with Crippen molar-refractivity contribution in [2.75, 3.05) is 6.54 Å². The number of nitro benzene ring substituents is 1. The minimum absolute atomic E-state index is 0.0602. The van der Waals surface area contributed by atoms with E-state index in [-0.39, 0.29) is 14.9 Å². The second kappa shape index (κ2) is 7.10. The van der Waals surface area contributed by atoms with Crippen LogP contribution in [0.25, 0.3) is 17.4 Å². The number of benzene rings is 1. The number of carboxylic acids is 1. The maximum Gasteiger partial charge on any atom is 0.323 e. The van der Waals surface area contributed by atoms with Crippen LogP contribution in [0.4, 0.5) is 5.69 Å². The van der Waals surface area contributed by atoms with E-state index in [0.29, 0.717) is 17.1 Å². The van der Waals surface area contributed by atoms with Gasteiger partial charge in [0.1, 0.15) is 22.4 Å². The molecule has 1 aliphatic heterocycles. The van der Waals surface area contributed by atoms with E-state index in [0.717, 1.165) is 16.7 Å². The zero-order chi connectivity index (χ0) is 18.8. The minimum atomic E-state index is -1.16. The Bertz CT molecular complexity index is 965. The Hall–Kier alpha value is -2.98. The van der Waals surface area contributed by atoms with Crippen molar-refractivity contribution in [3.05, 3.63) is 57.2 Å². The fourth-order valence-corrected chi connectivity index (χ4v) is 3.49. The molecule has 0 spiro atoms. The molecule has 1 aromatic heterocycles. The number of nitro groups is 1. The third kappa shape index (κ3) is 3.65. The largest absolute Gasteiger partial charge is 0.480 e. The maximum absolute atomic E-state index is 12.2. The van der Waals surface area contributed by atoms with Crippen molar-refractivity contribution in [2.45, 2.75) is 0 Å². The predicted molar refractivity (Wildman–Crippen MR) is 98.3 cm³/mol. The van der Waals surface area contributed by atoms with E-state index < -0.39 is 23.3 Å². The third-order valence-corrected chi connectivity index (χ3v) is 4.79. The van der Waals surface area contributed by atoms with Gasteiger partial charge in [0.15, 0.2) is 0 Å². The molecule has 0 radical (unpaired) electrons. The number of hydrogen-bond acceptors (Lipinski definition) is 7. The van der Waals surface area contributed by atoms with Crippen LogP contribution in [0.2, 0.25) is 0 Å². The molecule has 1 fully saturated rings. The van der Waals surface area contributed by atoms with Crippen molar-refractivity contribution in [1.82, 2.24) is 4.90 Å². The predicted octanol–water partition coefficient (Wildman–Crippen LogP) is 3.14. The van der Waals surface area contributed by atoms with Crippen LogP contribution in [0.5, 0.6) is 0 Å². The number of hydrogen-bond donors (Lipinski definition) is 1. The molecule has 2 aromatic rings. The van der Waals surface area contributed by atoms with E-state index in [1.807, 2.05) is 0 Å². The van der Waals surface area contributed by atoms with Gasteiger partial charge in [0, 0.05) is 23.8 Å². The summed E-state index contributed by atoms with van der Waals surface area (Å²) in [5.74, 6) is -0.910. The molecular weight excluding hydrogens is 380 g/mol. The minimum Gasteiger partial charge on any atom is -0.480 e. The smallest absolute Gasteiger partial charge is 0.323 e. The summed E-state index contributed by atoms with van der Waals surface area (Å²) in [4.78, 5) is 34.6. The summed E-state index contributed by atoms with van der Waals surface area (Å²) in [7, 11) is 0.